The molecule has 0 bridgehead atoms. The van der Waals surface area contributed by atoms with Crippen molar-refractivity contribution in [2.45, 2.75) is 154 Å². The summed E-state index contributed by atoms with van der Waals surface area (Å²) in [5.74, 6) is 0. The average molecular weight is 1740 g/mol. The Hall–Kier alpha value is -8.10. The van der Waals surface area contributed by atoms with Gasteiger partial charge in [0.2, 0.25) is 0 Å². The van der Waals surface area contributed by atoms with Gasteiger partial charge in [0.15, 0.2) is 0 Å². The fourth-order valence-corrected chi connectivity index (χ4v) is 16.1. The van der Waals surface area contributed by atoms with Crippen LogP contribution in [0.15, 0.2) is 148 Å². The number of hydrogen-bond donors (Lipinski definition) is 4. The van der Waals surface area contributed by atoms with Crippen molar-refractivity contribution in [3.05, 3.63) is 182 Å². The van der Waals surface area contributed by atoms with E-state index in [0.717, 1.165) is 181 Å². The number of methoxy groups -OCH3 is 2. The van der Waals surface area contributed by atoms with Gasteiger partial charge in [-0.1, -0.05) is 13.3 Å². The Morgan fingerprint density at radius 2 is 0.973 bits per heavy atom. The smallest absolute Gasteiger partial charge is 0.408 e. The van der Waals surface area contributed by atoms with Crippen LogP contribution in [-0.2, 0) is 44.6 Å². The molecule has 0 saturated carbocycles. The number of benzene rings is 2. The van der Waals surface area contributed by atoms with E-state index in [1.165, 1.54) is 11.4 Å². The first-order valence-corrected chi connectivity index (χ1v) is 41.6. The van der Waals surface area contributed by atoms with Crippen LogP contribution in [0.1, 0.15) is 103 Å². The maximum atomic E-state index is 12.4. The molecule has 6 saturated heterocycles. The number of nitrogens with zero attached hydrogens (tertiary/aromatic N) is 15. The number of ether oxygens (including phenoxy) is 4. The molecule has 25 nitrogen and oxygen atoms in total. The number of piperazine rings is 4. The molecule has 0 spiro atoms. The third-order valence-electron chi connectivity index (χ3n) is 20.8. The third kappa shape index (κ3) is 25.4. The molecule has 0 radical (unpaired) electrons. The van der Waals surface area contributed by atoms with Crippen LogP contribution < -0.4 is 30.7 Å². The molecule has 28 heteroatoms. The molecule has 6 aliphatic rings. The normalized spacial score (nSPS) is 21.3. The van der Waals surface area contributed by atoms with Crippen LogP contribution in [0.4, 0.5) is 26.7 Å². The Kier molecular flexibility index (Phi) is 32.4. The number of aromatic nitrogens is 6. The van der Waals surface area contributed by atoms with Crippen LogP contribution in [0, 0.1) is 22.7 Å². The quantitative estimate of drug-likeness (QED) is 0.0659. The summed E-state index contributed by atoms with van der Waals surface area (Å²) in [5.41, 5.74) is 9.52. The van der Waals surface area contributed by atoms with Gasteiger partial charge >= 0.3 is 12.2 Å². The van der Waals surface area contributed by atoms with E-state index in [2.05, 4.69) is 204 Å². The van der Waals surface area contributed by atoms with Crippen molar-refractivity contribution in [3.8, 4) is 12.1 Å². The number of carbonyl (C=O) groups is 2. The molecule has 6 aromatic heterocycles. The first kappa shape index (κ1) is 87.3. The number of aryl methyl sites for hydroxylation is 1. The van der Waals surface area contributed by atoms with Crippen molar-refractivity contribution in [2.75, 3.05) is 140 Å². The van der Waals surface area contributed by atoms with E-state index in [1.807, 2.05) is 109 Å². The Morgan fingerprint density at radius 1 is 0.522 bits per heavy atom. The van der Waals surface area contributed by atoms with Crippen LogP contribution >= 0.6 is 47.8 Å². The summed E-state index contributed by atoms with van der Waals surface area (Å²) in [6.45, 7) is 33.2. The lowest BCUT2D eigenvalue weighted by Gasteiger charge is -2.51. The number of hydrogen-bond acceptors (Lipinski definition) is 23. The number of nitrogens with one attached hydrogen (secondary N) is 3. The second kappa shape index (κ2) is 42.0. The van der Waals surface area contributed by atoms with Crippen LogP contribution in [0.5, 0.6) is 0 Å². The molecule has 14 rings (SSSR count). The van der Waals surface area contributed by atoms with Crippen LogP contribution in [0.2, 0.25) is 0 Å². The highest BCUT2D eigenvalue weighted by atomic mass is 79.9. The van der Waals surface area contributed by atoms with Crippen LogP contribution in [-0.4, -0.2) is 252 Å². The van der Waals surface area contributed by atoms with Crippen LogP contribution in [0.3, 0.4) is 0 Å². The van der Waals surface area contributed by atoms with E-state index >= 15 is 0 Å². The van der Waals surface area contributed by atoms with E-state index in [-0.39, 0.29) is 30.9 Å². The molecule has 4 N–H and O–H groups in total. The predicted molar refractivity (Wildman–Crippen MR) is 455 cm³/mol. The number of pyridine rings is 6. The first-order chi connectivity index (χ1) is 54.3. The summed E-state index contributed by atoms with van der Waals surface area (Å²) >= 11 is 10.1. The molecular weight excluding hydrogens is 1620 g/mol. The van der Waals surface area contributed by atoms with Gasteiger partial charge < -0.3 is 64.5 Å². The van der Waals surface area contributed by atoms with E-state index < -0.39 is 23.4 Å². The number of amides is 2. The van der Waals surface area contributed by atoms with E-state index in [1.54, 1.807) is 32.8 Å². The summed E-state index contributed by atoms with van der Waals surface area (Å²) < 4.78 is 24.6. The maximum absolute atomic E-state index is 12.4. The second-order valence-corrected chi connectivity index (χ2v) is 34.2. The highest BCUT2D eigenvalue weighted by molar-refractivity contribution is 9.11. The number of anilines is 3. The number of aliphatic hydroxyl groups excluding tert-OH is 1. The molecule has 2 aromatic carbocycles. The number of fused-ring (bicyclic) bond motifs is 4. The van der Waals surface area contributed by atoms with Gasteiger partial charge in [0.05, 0.1) is 58.3 Å². The minimum atomic E-state index is -0.549. The van der Waals surface area contributed by atoms with E-state index in [9.17, 15) is 20.1 Å². The fourth-order valence-electron chi connectivity index (χ4n) is 15.4. The average Bonchev–Trinajstić information content (AvgIpc) is 1.19. The van der Waals surface area contributed by atoms with Crippen molar-refractivity contribution in [3.63, 3.8) is 0 Å². The number of nitriles is 2. The first-order valence-electron chi connectivity index (χ1n) is 39.2. The Morgan fingerprint density at radius 3 is 1.39 bits per heavy atom. The summed E-state index contributed by atoms with van der Waals surface area (Å²) in [5, 5.41) is 38.6. The summed E-state index contributed by atoms with van der Waals surface area (Å²) in [6.07, 6.45) is 14.7. The van der Waals surface area contributed by atoms with Gasteiger partial charge in [0.25, 0.3) is 0 Å². The standard InChI is InChI=1S/C35H46N8O3.C25H27BrN6.C10H20N2O3.C8H10BrN.C7H8BrNO/c1-24-19-42(31-11-8-25(17-36)33-29(31)7-6-13-37-33)21-28-20-40(15-16-43(24)28)14-12-26-9-10-27(18-38-26)41-22-30(32(23-41)45-5)39-34(44)46-35(2,3)4;1-18-15-31(24-7-4-19(13-27)25-23(24)3-2-9-28-25)17-22-16-30(11-12-32(18)22)10-8-21-6-5-20(26)14-29-21;1-10(2,3)15-9(13)12-7-5-11-6-8(7)14-4;1-2-3-8-5-4-7(9)6-10-8;8-6-1-2-7(3-4-10)9-5-6/h6-11,13,18,24,28,30,32H,12,14-16,19-23H2,1-5H3,(H,39,44);2-7,9,14,18,22H,8,10-12,15-17H2,1H3;7-8,11H,5-6H2,1-4H3,(H,12,13);4-6H,2-3H2,1H3;1-2,5,10H,3-4H2/t24-,28+,30-,32-;18-,22+;7-,8-;;/m111../s1. The lowest BCUT2D eigenvalue weighted by molar-refractivity contribution is 0.0355. The SMILES string of the molecule is CCCc1ccc(Br)cn1.CO[C@@H]1CN(c2ccc(CCN3CCN4[C@@H](C3)CN(c3ccc(C#N)c5ncccc35)C[C@H]4C)nc2)C[C@H]1NC(=O)OC(C)(C)C.CO[C@@H]1CNC[C@H]1NC(=O)OC(C)(C)C.C[C@@H]1CN(c2ccc(C#N)c3ncccc23)C[C@@H]2CN(CCc3ccc(Br)cn3)CCN21.OCCc1ccc(Br)cn1. The molecule has 0 unspecified atom stereocenters. The molecule has 12 heterocycles. The third-order valence-corrected chi connectivity index (χ3v) is 22.2. The number of halogens is 3. The van der Waals surface area contributed by atoms with Gasteiger partial charge in [0, 0.05) is 258 Å². The predicted octanol–water partition coefficient (Wildman–Crippen LogP) is 12.0. The number of aliphatic hydroxyl groups is 1. The zero-order valence-electron chi connectivity index (χ0n) is 67.1. The largest absolute Gasteiger partial charge is 0.444 e. The zero-order chi connectivity index (χ0) is 80.8. The molecule has 604 valence electrons. The van der Waals surface area contributed by atoms with Gasteiger partial charge in [-0.2, -0.15) is 10.5 Å². The van der Waals surface area contributed by atoms with Gasteiger partial charge in [-0.3, -0.25) is 39.7 Å². The Labute approximate surface area is 691 Å². The van der Waals surface area contributed by atoms with Gasteiger partial charge in [-0.25, -0.2) is 9.59 Å². The van der Waals surface area contributed by atoms with Crippen molar-refractivity contribution in [1.82, 2.24) is 65.5 Å². The van der Waals surface area contributed by atoms with Crippen molar-refractivity contribution in [1.29, 1.82) is 10.5 Å². The minimum Gasteiger partial charge on any atom is -0.444 e. The van der Waals surface area contributed by atoms with Gasteiger partial charge in [-0.05, 0) is 207 Å². The maximum Gasteiger partial charge on any atom is 0.408 e. The van der Waals surface area contributed by atoms with E-state index in [0.29, 0.717) is 54.8 Å². The monoisotopic (exact) mass is 1730 g/mol. The lowest BCUT2D eigenvalue weighted by Crippen LogP contribution is -2.65. The lowest BCUT2D eigenvalue weighted by atomic mass is 10.0. The molecule has 0 aliphatic carbocycles. The molecule has 6 aliphatic heterocycles. The van der Waals surface area contributed by atoms with Gasteiger partial charge in [0.1, 0.15) is 23.3 Å². The summed E-state index contributed by atoms with van der Waals surface area (Å²) in [7, 11) is 3.32. The topological polar surface area (TPSA) is 275 Å². The summed E-state index contributed by atoms with van der Waals surface area (Å²) in [6, 6.07) is 38.7. The fraction of sp³-hybridized carbons (Fsp3) is 0.506. The molecule has 2 amide bonds. The Balaban J connectivity index is 0.000000172. The molecule has 8 atom stereocenters. The zero-order valence-corrected chi connectivity index (χ0v) is 71.9. The number of carbonyl (C=O) groups excluding carboxylic acids is 2. The Bertz CT molecular complexity index is 4390. The van der Waals surface area contributed by atoms with Crippen LogP contribution in [0.25, 0.3) is 21.8 Å². The molecule has 6 fully saturated rings. The summed E-state index contributed by atoms with van der Waals surface area (Å²) in [4.78, 5) is 68.2. The molecule has 113 heavy (non-hydrogen) atoms. The minimum absolute atomic E-state index is 0.00940. The second-order valence-electron chi connectivity index (χ2n) is 31.4. The number of alkyl carbamates (subject to hydrolysis) is 2. The van der Waals surface area contributed by atoms with E-state index in [4.69, 9.17) is 29.0 Å². The van der Waals surface area contributed by atoms with Crippen molar-refractivity contribution < 1.29 is 33.6 Å². The van der Waals surface area contributed by atoms with Crippen molar-refractivity contribution >= 4 is 98.8 Å². The van der Waals surface area contributed by atoms with Gasteiger partial charge in [-0.15, -0.1) is 0 Å². The number of rotatable bonds is 17. The molecule has 8 aromatic rings. The highest BCUT2D eigenvalue weighted by Gasteiger charge is 2.40. The molecular formula is C85H111Br3N18O7. The van der Waals surface area contributed by atoms with Crippen molar-refractivity contribution in [2.24, 2.45) is 0 Å². The highest BCUT2D eigenvalue weighted by Crippen LogP contribution is 2.35.